The van der Waals surface area contributed by atoms with Crippen LogP contribution in [-0.2, 0) is 9.59 Å². The van der Waals surface area contributed by atoms with Gasteiger partial charge in [-0.25, -0.2) is 0 Å². The van der Waals surface area contributed by atoms with Crippen molar-refractivity contribution in [2.45, 2.75) is 46.1 Å². The quantitative estimate of drug-likeness (QED) is 0.409. The van der Waals surface area contributed by atoms with Crippen molar-refractivity contribution in [3.63, 3.8) is 0 Å². The Morgan fingerprint density at radius 3 is 2.39 bits per heavy atom. The smallest absolute Gasteiger partial charge is 0.312 e. The molecule has 0 aromatic rings. The molecule has 0 aliphatic heterocycles. The SMILES string of the molecule is CCCCCN(C(=O)C(=O)NCC(N)=S)C(C)C. The van der Waals surface area contributed by atoms with Crippen LogP contribution in [0.3, 0.4) is 0 Å². The van der Waals surface area contributed by atoms with Gasteiger partial charge in [0.15, 0.2) is 0 Å². The van der Waals surface area contributed by atoms with Crippen LogP contribution in [0.4, 0.5) is 0 Å². The van der Waals surface area contributed by atoms with Crippen LogP contribution < -0.4 is 11.1 Å². The van der Waals surface area contributed by atoms with Gasteiger partial charge in [0.05, 0.1) is 11.5 Å². The van der Waals surface area contributed by atoms with E-state index in [1.807, 2.05) is 13.8 Å². The number of rotatable bonds is 7. The third-order valence-corrected chi connectivity index (χ3v) is 2.65. The summed E-state index contributed by atoms with van der Waals surface area (Å²) in [6.07, 6.45) is 3.03. The van der Waals surface area contributed by atoms with Crippen LogP contribution in [0.1, 0.15) is 40.0 Å². The van der Waals surface area contributed by atoms with Gasteiger partial charge in [-0.1, -0.05) is 32.0 Å². The predicted octanol–water partition coefficient (Wildman–Crippen LogP) is 0.816. The van der Waals surface area contributed by atoms with E-state index in [1.165, 1.54) is 0 Å². The first-order valence-electron chi connectivity index (χ1n) is 6.27. The van der Waals surface area contributed by atoms with E-state index in [2.05, 4.69) is 24.5 Å². The number of thiocarbonyl (C=S) groups is 1. The number of hydrogen-bond acceptors (Lipinski definition) is 3. The second-order valence-corrected chi connectivity index (χ2v) is 4.97. The number of carbonyl (C=O) groups excluding carboxylic acids is 2. The van der Waals surface area contributed by atoms with Gasteiger partial charge in [0.1, 0.15) is 0 Å². The predicted molar refractivity (Wildman–Crippen MR) is 76.2 cm³/mol. The maximum absolute atomic E-state index is 11.9. The molecule has 104 valence electrons. The van der Waals surface area contributed by atoms with E-state index in [0.29, 0.717) is 6.54 Å². The minimum Gasteiger partial charge on any atom is -0.392 e. The first-order chi connectivity index (χ1) is 8.40. The maximum Gasteiger partial charge on any atom is 0.312 e. The van der Waals surface area contributed by atoms with Crippen LogP contribution in [0.25, 0.3) is 0 Å². The van der Waals surface area contributed by atoms with Crippen LogP contribution in [0, 0.1) is 0 Å². The molecule has 18 heavy (non-hydrogen) atoms. The maximum atomic E-state index is 11.9. The topological polar surface area (TPSA) is 75.4 Å². The third-order valence-electron chi connectivity index (χ3n) is 2.50. The minimum atomic E-state index is -0.645. The molecule has 0 bridgehead atoms. The van der Waals surface area contributed by atoms with Gasteiger partial charge in [-0.2, -0.15) is 0 Å². The van der Waals surface area contributed by atoms with Crippen LogP contribution >= 0.6 is 12.2 Å². The fourth-order valence-corrected chi connectivity index (χ4v) is 1.57. The normalized spacial score (nSPS) is 10.2. The molecule has 0 unspecified atom stereocenters. The summed E-state index contributed by atoms with van der Waals surface area (Å²) in [4.78, 5) is 25.3. The second kappa shape index (κ2) is 8.85. The number of carbonyl (C=O) groups is 2. The lowest BCUT2D eigenvalue weighted by molar-refractivity contribution is -0.146. The van der Waals surface area contributed by atoms with E-state index in [4.69, 9.17) is 5.73 Å². The summed E-state index contributed by atoms with van der Waals surface area (Å²) in [6, 6.07) is 0.00457. The van der Waals surface area contributed by atoms with Crippen molar-refractivity contribution in [3.8, 4) is 0 Å². The second-order valence-electron chi connectivity index (χ2n) is 4.45. The molecule has 0 fully saturated rings. The molecule has 0 heterocycles. The van der Waals surface area contributed by atoms with Crippen molar-refractivity contribution < 1.29 is 9.59 Å². The number of nitrogens with two attached hydrogens (primary N) is 1. The van der Waals surface area contributed by atoms with Crippen LogP contribution in [0.15, 0.2) is 0 Å². The molecule has 0 aliphatic carbocycles. The molecule has 0 radical (unpaired) electrons. The van der Waals surface area contributed by atoms with Crippen molar-refractivity contribution in [2.75, 3.05) is 13.1 Å². The van der Waals surface area contributed by atoms with Gasteiger partial charge in [-0.15, -0.1) is 0 Å². The number of nitrogens with zero attached hydrogens (tertiary/aromatic N) is 1. The molecule has 0 spiro atoms. The molecule has 5 nitrogen and oxygen atoms in total. The number of hydrogen-bond donors (Lipinski definition) is 2. The molecule has 0 aliphatic rings. The Hall–Kier alpha value is -1.17. The zero-order valence-electron chi connectivity index (χ0n) is 11.4. The average Bonchev–Trinajstić information content (AvgIpc) is 2.30. The van der Waals surface area contributed by atoms with E-state index >= 15 is 0 Å². The lowest BCUT2D eigenvalue weighted by Gasteiger charge is -2.26. The Bertz CT molecular complexity index is 306. The average molecular weight is 273 g/mol. The summed E-state index contributed by atoms with van der Waals surface area (Å²) in [5.41, 5.74) is 5.27. The van der Waals surface area contributed by atoms with Crippen molar-refractivity contribution in [3.05, 3.63) is 0 Å². The van der Waals surface area contributed by atoms with Gasteiger partial charge in [-0.05, 0) is 20.3 Å². The van der Waals surface area contributed by atoms with Crippen molar-refractivity contribution in [2.24, 2.45) is 5.73 Å². The molecule has 0 aromatic heterocycles. The van der Waals surface area contributed by atoms with E-state index in [1.54, 1.807) is 4.90 Å². The number of unbranched alkanes of at least 4 members (excludes halogenated alkanes) is 2. The van der Waals surface area contributed by atoms with Gasteiger partial charge in [-0.3, -0.25) is 9.59 Å². The Kier molecular flexibility index (Phi) is 8.28. The van der Waals surface area contributed by atoms with Gasteiger partial charge >= 0.3 is 11.8 Å². The zero-order chi connectivity index (χ0) is 14.1. The standard InChI is InChI=1S/C12H23N3O2S/c1-4-5-6-7-15(9(2)3)12(17)11(16)14-8-10(13)18/h9H,4-8H2,1-3H3,(H2,13,18)(H,14,16). The Labute approximate surface area is 114 Å². The van der Waals surface area contributed by atoms with E-state index in [9.17, 15) is 9.59 Å². The fourth-order valence-electron chi connectivity index (χ4n) is 1.50. The van der Waals surface area contributed by atoms with Crippen molar-refractivity contribution in [1.82, 2.24) is 10.2 Å². The summed E-state index contributed by atoms with van der Waals surface area (Å²) in [6.45, 7) is 6.54. The van der Waals surface area contributed by atoms with Gasteiger partial charge in [0.25, 0.3) is 0 Å². The molecule has 0 aromatic carbocycles. The fraction of sp³-hybridized carbons (Fsp3) is 0.750. The summed E-state index contributed by atoms with van der Waals surface area (Å²) in [7, 11) is 0. The largest absolute Gasteiger partial charge is 0.392 e. The highest BCUT2D eigenvalue weighted by atomic mass is 32.1. The highest BCUT2D eigenvalue weighted by molar-refractivity contribution is 7.80. The highest BCUT2D eigenvalue weighted by Crippen LogP contribution is 2.04. The molecule has 0 atom stereocenters. The van der Waals surface area contributed by atoms with Crippen LogP contribution in [-0.4, -0.2) is 40.8 Å². The lowest BCUT2D eigenvalue weighted by atomic mass is 10.2. The first kappa shape index (κ1) is 16.8. The summed E-state index contributed by atoms with van der Waals surface area (Å²) >= 11 is 4.64. The third kappa shape index (κ3) is 6.54. The molecular weight excluding hydrogens is 250 g/mol. The van der Waals surface area contributed by atoms with Crippen molar-refractivity contribution in [1.29, 1.82) is 0 Å². The van der Waals surface area contributed by atoms with E-state index in [0.717, 1.165) is 19.3 Å². The van der Waals surface area contributed by atoms with Crippen LogP contribution in [0.5, 0.6) is 0 Å². The number of amides is 2. The monoisotopic (exact) mass is 273 g/mol. The summed E-state index contributed by atoms with van der Waals surface area (Å²) in [5, 5.41) is 2.41. The van der Waals surface area contributed by atoms with E-state index < -0.39 is 11.8 Å². The molecule has 6 heteroatoms. The van der Waals surface area contributed by atoms with E-state index in [-0.39, 0.29) is 17.6 Å². The summed E-state index contributed by atoms with van der Waals surface area (Å²) < 4.78 is 0. The Balaban J connectivity index is 4.36. The summed E-state index contributed by atoms with van der Waals surface area (Å²) in [5.74, 6) is -1.16. The van der Waals surface area contributed by atoms with Gasteiger partial charge < -0.3 is 16.0 Å². The molecule has 0 rings (SSSR count). The Morgan fingerprint density at radius 2 is 1.94 bits per heavy atom. The molecule has 2 amide bonds. The van der Waals surface area contributed by atoms with Gasteiger partial charge in [0.2, 0.25) is 0 Å². The number of nitrogens with one attached hydrogen (secondary N) is 1. The Morgan fingerprint density at radius 1 is 1.33 bits per heavy atom. The molecule has 0 saturated heterocycles. The lowest BCUT2D eigenvalue weighted by Crippen LogP contribution is -2.48. The van der Waals surface area contributed by atoms with Crippen LogP contribution in [0.2, 0.25) is 0 Å². The molecular formula is C12H23N3O2S. The molecule has 0 saturated carbocycles. The zero-order valence-corrected chi connectivity index (χ0v) is 12.2. The first-order valence-corrected chi connectivity index (χ1v) is 6.68. The van der Waals surface area contributed by atoms with Gasteiger partial charge in [0, 0.05) is 12.6 Å². The van der Waals surface area contributed by atoms with Crippen molar-refractivity contribution >= 4 is 29.0 Å². The molecule has 3 N–H and O–H groups in total. The minimum absolute atomic E-state index is 0.00457. The highest BCUT2D eigenvalue weighted by Gasteiger charge is 2.23.